The molecule has 0 aliphatic heterocycles. The lowest BCUT2D eigenvalue weighted by atomic mass is 10.1. The number of hydrogen-bond acceptors (Lipinski definition) is 2. The van der Waals surface area contributed by atoms with Crippen LogP contribution < -0.4 is 0 Å². The molecule has 0 bridgehead atoms. The number of benzene rings is 1. The third-order valence-corrected chi connectivity index (χ3v) is 2.17. The van der Waals surface area contributed by atoms with Gasteiger partial charge in [-0.3, -0.25) is 0 Å². The predicted molar refractivity (Wildman–Crippen MR) is 49.2 cm³/mol. The van der Waals surface area contributed by atoms with E-state index >= 15 is 0 Å². The van der Waals surface area contributed by atoms with E-state index in [1.54, 1.807) is 13.0 Å². The van der Waals surface area contributed by atoms with Crippen LogP contribution in [0.3, 0.4) is 0 Å². The van der Waals surface area contributed by atoms with E-state index in [1.165, 1.54) is 12.4 Å². The number of nitrogens with zero attached hydrogens (tertiary/aromatic N) is 2. The molecule has 0 amide bonds. The molecule has 1 aromatic heterocycles. The van der Waals surface area contributed by atoms with Crippen molar-refractivity contribution in [2.24, 2.45) is 0 Å². The molecule has 2 aromatic rings. The van der Waals surface area contributed by atoms with Gasteiger partial charge in [-0.1, -0.05) is 11.6 Å². The highest BCUT2D eigenvalue weighted by atomic mass is 35.5. The molecular formula is C9H6ClFN2. The van der Waals surface area contributed by atoms with Gasteiger partial charge in [-0.15, -0.1) is 0 Å². The van der Waals surface area contributed by atoms with E-state index < -0.39 is 0 Å². The van der Waals surface area contributed by atoms with Gasteiger partial charge in [-0.25, -0.2) is 14.4 Å². The molecule has 1 aromatic carbocycles. The van der Waals surface area contributed by atoms with Gasteiger partial charge in [0.2, 0.25) is 0 Å². The topological polar surface area (TPSA) is 25.8 Å². The predicted octanol–water partition coefficient (Wildman–Crippen LogP) is 2.73. The second kappa shape index (κ2) is 2.92. The Balaban J connectivity index is 2.89. The zero-order chi connectivity index (χ0) is 9.42. The summed E-state index contributed by atoms with van der Waals surface area (Å²) in [5.41, 5.74) is 1.08. The van der Waals surface area contributed by atoms with E-state index in [0.717, 1.165) is 0 Å². The summed E-state index contributed by atoms with van der Waals surface area (Å²) in [6, 6.07) is 3.01. The van der Waals surface area contributed by atoms with Crippen molar-refractivity contribution in [2.45, 2.75) is 6.92 Å². The lowest BCUT2D eigenvalue weighted by Gasteiger charge is -2.00. The molecule has 0 N–H and O–H groups in total. The molecule has 0 radical (unpaired) electrons. The first-order valence-corrected chi connectivity index (χ1v) is 4.12. The summed E-state index contributed by atoms with van der Waals surface area (Å²) in [6.07, 6.45) is 1.32. The first kappa shape index (κ1) is 8.38. The zero-order valence-electron chi connectivity index (χ0n) is 6.88. The van der Waals surface area contributed by atoms with Crippen LogP contribution in [0.25, 0.3) is 10.9 Å². The molecular weight excluding hydrogens is 191 g/mol. The van der Waals surface area contributed by atoms with Gasteiger partial charge in [0.05, 0.1) is 5.52 Å². The van der Waals surface area contributed by atoms with Crippen LogP contribution in [0.5, 0.6) is 0 Å². The second-order valence-corrected chi connectivity index (χ2v) is 3.14. The second-order valence-electron chi connectivity index (χ2n) is 2.78. The van der Waals surface area contributed by atoms with Crippen LogP contribution in [-0.4, -0.2) is 9.97 Å². The highest BCUT2D eigenvalue weighted by molar-refractivity contribution is 6.34. The van der Waals surface area contributed by atoms with E-state index in [4.69, 9.17) is 11.6 Å². The first-order chi connectivity index (χ1) is 6.18. The van der Waals surface area contributed by atoms with Crippen LogP contribution in [0.4, 0.5) is 4.39 Å². The minimum absolute atomic E-state index is 0.276. The molecule has 0 aliphatic carbocycles. The van der Waals surface area contributed by atoms with Crippen molar-refractivity contribution in [2.75, 3.05) is 0 Å². The summed E-state index contributed by atoms with van der Waals surface area (Å²) >= 11 is 5.81. The number of hydrogen-bond donors (Lipinski definition) is 0. The lowest BCUT2D eigenvalue weighted by molar-refractivity contribution is 0.620. The molecule has 0 spiro atoms. The van der Waals surface area contributed by atoms with Crippen molar-refractivity contribution in [3.05, 3.63) is 35.0 Å². The summed E-state index contributed by atoms with van der Waals surface area (Å²) in [6.45, 7) is 1.68. The molecule has 0 saturated heterocycles. The van der Waals surface area contributed by atoms with Gasteiger partial charge in [0.25, 0.3) is 0 Å². The smallest absolute Gasteiger partial charge is 0.140 e. The zero-order valence-corrected chi connectivity index (χ0v) is 7.64. The Hall–Kier alpha value is -1.22. The fourth-order valence-electron chi connectivity index (χ4n) is 1.15. The van der Waals surface area contributed by atoms with Crippen LogP contribution in [0.1, 0.15) is 5.56 Å². The molecule has 0 saturated carbocycles. The van der Waals surface area contributed by atoms with Crippen LogP contribution >= 0.6 is 11.6 Å². The SMILES string of the molecule is Cc1cc2c(Cl)ncnc2cc1F. The van der Waals surface area contributed by atoms with E-state index in [-0.39, 0.29) is 5.82 Å². The Morgan fingerprint density at radius 1 is 1.31 bits per heavy atom. The number of aryl methyl sites for hydroxylation is 1. The molecule has 0 aliphatic rings. The summed E-state index contributed by atoms with van der Waals surface area (Å²) in [4.78, 5) is 7.72. The van der Waals surface area contributed by atoms with Crippen molar-refractivity contribution in [3.8, 4) is 0 Å². The molecule has 1 heterocycles. The summed E-state index contributed by atoms with van der Waals surface area (Å²) in [5.74, 6) is -0.276. The summed E-state index contributed by atoms with van der Waals surface area (Å²) in [7, 11) is 0. The molecule has 4 heteroatoms. The highest BCUT2D eigenvalue weighted by Crippen LogP contribution is 2.21. The minimum atomic E-state index is -0.276. The van der Waals surface area contributed by atoms with E-state index in [2.05, 4.69) is 9.97 Å². The minimum Gasteiger partial charge on any atom is -0.236 e. The largest absolute Gasteiger partial charge is 0.236 e. The Labute approximate surface area is 79.4 Å². The van der Waals surface area contributed by atoms with Crippen LogP contribution in [0.2, 0.25) is 5.15 Å². The van der Waals surface area contributed by atoms with Gasteiger partial charge in [0, 0.05) is 11.5 Å². The van der Waals surface area contributed by atoms with Crippen molar-refractivity contribution in [3.63, 3.8) is 0 Å². The summed E-state index contributed by atoms with van der Waals surface area (Å²) in [5, 5.41) is 1.04. The van der Waals surface area contributed by atoms with Crippen molar-refractivity contribution in [1.82, 2.24) is 9.97 Å². The maximum absolute atomic E-state index is 13.1. The van der Waals surface area contributed by atoms with Crippen LogP contribution in [0.15, 0.2) is 18.5 Å². The fourth-order valence-corrected chi connectivity index (χ4v) is 1.35. The van der Waals surface area contributed by atoms with E-state index in [0.29, 0.717) is 21.6 Å². The van der Waals surface area contributed by atoms with Gasteiger partial charge in [0.1, 0.15) is 17.3 Å². The number of fused-ring (bicyclic) bond motifs is 1. The fraction of sp³-hybridized carbons (Fsp3) is 0.111. The van der Waals surface area contributed by atoms with Gasteiger partial charge < -0.3 is 0 Å². The third kappa shape index (κ3) is 1.35. The van der Waals surface area contributed by atoms with Gasteiger partial charge in [-0.2, -0.15) is 0 Å². The van der Waals surface area contributed by atoms with E-state index in [9.17, 15) is 4.39 Å². The van der Waals surface area contributed by atoms with E-state index in [1.807, 2.05) is 0 Å². The standard InChI is InChI=1S/C9H6ClFN2/c1-5-2-6-8(3-7(5)11)12-4-13-9(6)10/h2-4H,1H3. The normalized spacial score (nSPS) is 10.7. The first-order valence-electron chi connectivity index (χ1n) is 3.75. The molecule has 2 nitrogen and oxygen atoms in total. The molecule has 13 heavy (non-hydrogen) atoms. The molecule has 0 atom stereocenters. The average molecular weight is 197 g/mol. The lowest BCUT2D eigenvalue weighted by Crippen LogP contribution is -1.88. The average Bonchev–Trinajstić information content (AvgIpc) is 2.09. The maximum Gasteiger partial charge on any atom is 0.140 e. The molecule has 0 unspecified atom stereocenters. The number of rotatable bonds is 0. The molecule has 2 rings (SSSR count). The highest BCUT2D eigenvalue weighted by Gasteiger charge is 2.04. The summed E-state index contributed by atoms with van der Waals surface area (Å²) < 4.78 is 13.1. The quantitative estimate of drug-likeness (QED) is 0.606. The van der Waals surface area contributed by atoms with Crippen molar-refractivity contribution >= 4 is 22.5 Å². The molecule has 0 fully saturated rings. The number of aromatic nitrogens is 2. The maximum atomic E-state index is 13.1. The van der Waals surface area contributed by atoms with Gasteiger partial charge in [0.15, 0.2) is 0 Å². The van der Waals surface area contributed by atoms with Crippen molar-refractivity contribution in [1.29, 1.82) is 0 Å². The Morgan fingerprint density at radius 3 is 2.85 bits per heavy atom. The monoisotopic (exact) mass is 196 g/mol. The van der Waals surface area contributed by atoms with Crippen LogP contribution in [-0.2, 0) is 0 Å². The third-order valence-electron chi connectivity index (χ3n) is 1.87. The van der Waals surface area contributed by atoms with Gasteiger partial charge in [-0.05, 0) is 18.6 Å². The van der Waals surface area contributed by atoms with Gasteiger partial charge >= 0.3 is 0 Å². The number of halogens is 2. The Kier molecular flexibility index (Phi) is 1.88. The van der Waals surface area contributed by atoms with Crippen LogP contribution in [0, 0.1) is 12.7 Å². The Morgan fingerprint density at radius 2 is 2.08 bits per heavy atom. The molecule has 66 valence electrons. The Bertz CT molecular complexity index is 470. The van der Waals surface area contributed by atoms with Crippen molar-refractivity contribution < 1.29 is 4.39 Å².